The van der Waals surface area contributed by atoms with Gasteiger partial charge in [0.1, 0.15) is 5.75 Å². The molecular weight excluding hydrogens is 278 g/mol. The van der Waals surface area contributed by atoms with E-state index in [-0.39, 0.29) is 12.1 Å². The van der Waals surface area contributed by atoms with Crippen LogP contribution in [0.1, 0.15) is 5.56 Å². The Morgan fingerprint density at radius 2 is 2.40 bits per heavy atom. The van der Waals surface area contributed by atoms with E-state index >= 15 is 0 Å². The molecule has 0 radical (unpaired) electrons. The fourth-order valence-corrected chi connectivity index (χ4v) is 2.69. The molecular formula is C14H22ClN3O2. The first kappa shape index (κ1) is 15.5. The maximum absolute atomic E-state index is 6.06. The normalized spacial score (nSPS) is 21.7. The summed E-state index contributed by atoms with van der Waals surface area (Å²) in [5, 5.41) is 0.693. The second-order valence-corrected chi connectivity index (χ2v) is 5.54. The molecule has 0 amide bonds. The standard InChI is InChI=1S/C14H22ClN3O2/c1-18-5-6-20-14(9-18)12(17-16)8-10-7-11(15)3-4-13(10)19-2/h3-4,7,12,14,17H,5-6,8-9,16H2,1-2H3. The van der Waals surface area contributed by atoms with Crippen molar-refractivity contribution in [3.05, 3.63) is 28.8 Å². The van der Waals surface area contributed by atoms with Crippen LogP contribution >= 0.6 is 11.6 Å². The number of rotatable bonds is 5. The highest BCUT2D eigenvalue weighted by Gasteiger charge is 2.27. The zero-order valence-electron chi connectivity index (χ0n) is 11.9. The van der Waals surface area contributed by atoms with Gasteiger partial charge in [-0.25, -0.2) is 0 Å². The van der Waals surface area contributed by atoms with Crippen molar-refractivity contribution in [2.75, 3.05) is 33.9 Å². The smallest absolute Gasteiger partial charge is 0.122 e. The predicted molar refractivity (Wildman–Crippen MR) is 80.1 cm³/mol. The molecule has 0 bridgehead atoms. The number of hydrogen-bond donors (Lipinski definition) is 2. The number of nitrogens with one attached hydrogen (secondary N) is 1. The maximum Gasteiger partial charge on any atom is 0.122 e. The Labute approximate surface area is 124 Å². The van der Waals surface area contributed by atoms with Crippen molar-refractivity contribution in [1.29, 1.82) is 0 Å². The van der Waals surface area contributed by atoms with Gasteiger partial charge in [0, 0.05) is 18.1 Å². The highest BCUT2D eigenvalue weighted by molar-refractivity contribution is 6.30. The average Bonchev–Trinajstić information content (AvgIpc) is 2.45. The van der Waals surface area contributed by atoms with Crippen LogP contribution in [0.4, 0.5) is 0 Å². The fourth-order valence-electron chi connectivity index (χ4n) is 2.50. The topological polar surface area (TPSA) is 59.8 Å². The van der Waals surface area contributed by atoms with Gasteiger partial charge in [-0.1, -0.05) is 11.6 Å². The second-order valence-electron chi connectivity index (χ2n) is 5.10. The van der Waals surface area contributed by atoms with E-state index in [1.54, 1.807) is 7.11 Å². The van der Waals surface area contributed by atoms with Gasteiger partial charge in [-0.05, 0) is 37.2 Å². The third-order valence-corrected chi connectivity index (χ3v) is 3.88. The lowest BCUT2D eigenvalue weighted by atomic mass is 10.00. The minimum atomic E-state index is 0.0186. The van der Waals surface area contributed by atoms with E-state index in [0.717, 1.165) is 31.0 Å². The number of hydrazine groups is 1. The summed E-state index contributed by atoms with van der Waals surface area (Å²) in [5.74, 6) is 6.52. The van der Waals surface area contributed by atoms with Crippen LogP contribution in [0.3, 0.4) is 0 Å². The van der Waals surface area contributed by atoms with Crippen molar-refractivity contribution in [2.24, 2.45) is 5.84 Å². The molecule has 0 aromatic heterocycles. The molecule has 6 heteroatoms. The van der Waals surface area contributed by atoms with E-state index in [1.807, 2.05) is 18.2 Å². The molecule has 1 aromatic carbocycles. The maximum atomic E-state index is 6.06. The molecule has 3 N–H and O–H groups in total. The first-order chi connectivity index (χ1) is 9.63. The summed E-state index contributed by atoms with van der Waals surface area (Å²) < 4.78 is 11.2. The van der Waals surface area contributed by atoms with Gasteiger partial charge in [0.25, 0.3) is 0 Å². The van der Waals surface area contributed by atoms with E-state index in [2.05, 4.69) is 17.4 Å². The number of hydrogen-bond acceptors (Lipinski definition) is 5. The number of nitrogens with zero attached hydrogens (tertiary/aromatic N) is 1. The molecule has 1 aliphatic rings. The van der Waals surface area contributed by atoms with E-state index in [9.17, 15) is 0 Å². The van der Waals surface area contributed by atoms with E-state index in [1.165, 1.54) is 0 Å². The number of methoxy groups -OCH3 is 1. The lowest BCUT2D eigenvalue weighted by molar-refractivity contribution is -0.0385. The molecule has 112 valence electrons. The van der Waals surface area contributed by atoms with Crippen molar-refractivity contribution in [3.8, 4) is 5.75 Å². The van der Waals surface area contributed by atoms with E-state index < -0.39 is 0 Å². The van der Waals surface area contributed by atoms with E-state index in [4.69, 9.17) is 26.9 Å². The molecule has 1 heterocycles. The third-order valence-electron chi connectivity index (χ3n) is 3.64. The Kier molecular flexibility index (Phi) is 5.63. The number of likely N-dealkylation sites (N-methyl/N-ethyl adjacent to an activating group) is 1. The highest BCUT2D eigenvalue weighted by atomic mass is 35.5. The molecule has 20 heavy (non-hydrogen) atoms. The first-order valence-corrected chi connectivity index (χ1v) is 7.10. The van der Waals surface area contributed by atoms with Gasteiger partial charge in [-0.3, -0.25) is 11.3 Å². The van der Waals surface area contributed by atoms with Crippen molar-refractivity contribution < 1.29 is 9.47 Å². The largest absolute Gasteiger partial charge is 0.496 e. The lowest BCUT2D eigenvalue weighted by Crippen LogP contribution is -2.54. The monoisotopic (exact) mass is 299 g/mol. The Hall–Kier alpha value is -0.850. The summed E-state index contributed by atoms with van der Waals surface area (Å²) in [6.07, 6.45) is 0.765. The molecule has 0 spiro atoms. The van der Waals surface area contributed by atoms with Gasteiger partial charge in [-0.15, -0.1) is 0 Å². The molecule has 1 saturated heterocycles. The molecule has 2 unspecified atom stereocenters. The minimum absolute atomic E-state index is 0.0186. The summed E-state index contributed by atoms with van der Waals surface area (Å²) >= 11 is 6.06. The number of benzene rings is 1. The molecule has 1 fully saturated rings. The van der Waals surface area contributed by atoms with Crippen molar-refractivity contribution in [2.45, 2.75) is 18.6 Å². The van der Waals surface area contributed by atoms with Gasteiger partial charge >= 0.3 is 0 Å². The third kappa shape index (κ3) is 3.84. The first-order valence-electron chi connectivity index (χ1n) is 6.72. The summed E-state index contributed by atoms with van der Waals surface area (Å²) in [6.45, 7) is 2.54. The number of nitrogens with two attached hydrogens (primary N) is 1. The number of morpholine rings is 1. The summed E-state index contributed by atoms with van der Waals surface area (Å²) in [7, 11) is 3.74. The summed E-state index contributed by atoms with van der Waals surface area (Å²) in [5.41, 5.74) is 3.89. The van der Waals surface area contributed by atoms with Crippen LogP contribution in [0.15, 0.2) is 18.2 Å². The van der Waals surface area contributed by atoms with Gasteiger partial charge in [0.05, 0.1) is 25.9 Å². The molecule has 1 aliphatic heterocycles. The predicted octanol–water partition coefficient (Wildman–Crippen LogP) is 1.05. The molecule has 0 saturated carbocycles. The second kappa shape index (κ2) is 7.24. The van der Waals surface area contributed by atoms with Crippen LogP contribution in [0, 0.1) is 0 Å². The van der Waals surface area contributed by atoms with Crippen LogP contribution in [0.25, 0.3) is 0 Å². The van der Waals surface area contributed by atoms with Crippen molar-refractivity contribution in [1.82, 2.24) is 10.3 Å². The van der Waals surface area contributed by atoms with Gasteiger partial charge in [0.15, 0.2) is 0 Å². The quantitative estimate of drug-likeness (QED) is 0.629. The summed E-state index contributed by atoms with van der Waals surface area (Å²) in [4.78, 5) is 2.24. The average molecular weight is 300 g/mol. The molecule has 1 aromatic rings. The zero-order valence-corrected chi connectivity index (χ0v) is 12.7. The molecule has 2 atom stereocenters. The Balaban J connectivity index is 2.11. The van der Waals surface area contributed by atoms with Crippen LogP contribution in [0.5, 0.6) is 5.75 Å². The molecule has 0 aliphatic carbocycles. The number of ether oxygens (including phenoxy) is 2. The Morgan fingerprint density at radius 3 is 3.05 bits per heavy atom. The summed E-state index contributed by atoms with van der Waals surface area (Å²) in [6, 6.07) is 5.63. The molecule has 2 rings (SSSR count). The van der Waals surface area contributed by atoms with E-state index in [0.29, 0.717) is 11.4 Å². The Morgan fingerprint density at radius 1 is 1.60 bits per heavy atom. The fraction of sp³-hybridized carbons (Fsp3) is 0.571. The minimum Gasteiger partial charge on any atom is -0.496 e. The van der Waals surface area contributed by atoms with Crippen LogP contribution < -0.4 is 16.0 Å². The van der Waals surface area contributed by atoms with Crippen molar-refractivity contribution in [3.63, 3.8) is 0 Å². The Bertz CT molecular complexity index is 444. The van der Waals surface area contributed by atoms with Crippen LogP contribution in [0.2, 0.25) is 5.02 Å². The van der Waals surface area contributed by atoms with Crippen molar-refractivity contribution >= 4 is 11.6 Å². The lowest BCUT2D eigenvalue weighted by Gasteiger charge is -2.35. The zero-order chi connectivity index (χ0) is 14.5. The van der Waals surface area contributed by atoms with Crippen LogP contribution in [-0.2, 0) is 11.2 Å². The van der Waals surface area contributed by atoms with Crippen LogP contribution in [-0.4, -0.2) is 50.9 Å². The van der Waals surface area contributed by atoms with Gasteiger partial charge in [0.2, 0.25) is 0 Å². The van der Waals surface area contributed by atoms with Gasteiger partial charge < -0.3 is 14.4 Å². The van der Waals surface area contributed by atoms with Gasteiger partial charge in [-0.2, -0.15) is 0 Å². The number of halogens is 1. The molecule has 5 nitrogen and oxygen atoms in total. The highest BCUT2D eigenvalue weighted by Crippen LogP contribution is 2.25. The SMILES string of the molecule is COc1ccc(Cl)cc1CC(NN)C1CN(C)CCO1.